The number of rotatable bonds is 4. The lowest BCUT2D eigenvalue weighted by Crippen LogP contribution is -2.52. The van der Waals surface area contributed by atoms with E-state index in [2.05, 4.69) is 5.32 Å². The molecular formula is C14H23N3O5S. The largest absolute Gasteiger partial charge is 0.481 e. The van der Waals surface area contributed by atoms with E-state index in [0.717, 1.165) is 25.7 Å². The number of carbonyl (C=O) groups is 2. The minimum absolute atomic E-state index is 0.200. The van der Waals surface area contributed by atoms with Gasteiger partial charge in [-0.25, -0.2) is 13.2 Å². The number of likely N-dealkylation sites (tertiary alicyclic amines) is 1. The highest BCUT2D eigenvalue weighted by Crippen LogP contribution is 2.32. The van der Waals surface area contributed by atoms with Gasteiger partial charge in [0, 0.05) is 32.2 Å². The van der Waals surface area contributed by atoms with Crippen molar-refractivity contribution in [2.45, 2.75) is 43.4 Å². The Morgan fingerprint density at radius 3 is 2.39 bits per heavy atom. The number of aliphatic carboxylic acids is 1. The number of carboxylic acids is 1. The Bertz CT molecular complexity index is 589. The van der Waals surface area contributed by atoms with Gasteiger partial charge in [0.25, 0.3) is 0 Å². The molecule has 2 saturated heterocycles. The normalized spacial score (nSPS) is 29.5. The van der Waals surface area contributed by atoms with Gasteiger partial charge in [-0.2, -0.15) is 4.31 Å². The van der Waals surface area contributed by atoms with Crippen LogP contribution >= 0.6 is 0 Å². The highest BCUT2D eigenvalue weighted by Gasteiger charge is 2.42. The van der Waals surface area contributed by atoms with Crippen molar-refractivity contribution in [3.8, 4) is 0 Å². The number of carbonyl (C=O) groups excluding carboxylic acids is 1. The zero-order valence-corrected chi connectivity index (χ0v) is 13.8. The molecule has 3 rings (SSSR count). The van der Waals surface area contributed by atoms with E-state index in [1.807, 2.05) is 0 Å². The monoisotopic (exact) mass is 345 g/mol. The first-order valence-corrected chi connectivity index (χ1v) is 9.65. The van der Waals surface area contributed by atoms with E-state index >= 15 is 0 Å². The zero-order chi connectivity index (χ0) is 16.6. The summed E-state index contributed by atoms with van der Waals surface area (Å²) < 4.78 is 26.1. The number of nitrogens with zero attached hydrogens (tertiary/aromatic N) is 2. The fraction of sp³-hybridized carbons (Fsp3) is 0.857. The van der Waals surface area contributed by atoms with Crippen LogP contribution in [-0.2, 0) is 14.8 Å². The molecule has 2 amide bonds. The van der Waals surface area contributed by atoms with E-state index in [1.165, 1.54) is 9.21 Å². The molecule has 2 aliphatic heterocycles. The summed E-state index contributed by atoms with van der Waals surface area (Å²) in [6.45, 7) is 1.49. The molecule has 0 bridgehead atoms. The lowest BCUT2D eigenvalue weighted by Gasteiger charge is -2.33. The maximum Gasteiger partial charge on any atom is 0.317 e. The molecule has 0 aromatic carbocycles. The molecule has 2 atom stereocenters. The van der Waals surface area contributed by atoms with Crippen LogP contribution in [0.1, 0.15) is 32.1 Å². The fourth-order valence-electron chi connectivity index (χ4n) is 3.28. The van der Waals surface area contributed by atoms with Crippen LogP contribution in [0.3, 0.4) is 0 Å². The highest BCUT2D eigenvalue weighted by molar-refractivity contribution is 7.90. The van der Waals surface area contributed by atoms with Crippen LogP contribution in [0.5, 0.6) is 0 Å². The van der Waals surface area contributed by atoms with E-state index in [4.69, 9.17) is 5.11 Å². The summed E-state index contributed by atoms with van der Waals surface area (Å²) in [4.78, 5) is 24.7. The molecule has 0 spiro atoms. The van der Waals surface area contributed by atoms with Gasteiger partial charge in [-0.1, -0.05) is 0 Å². The first kappa shape index (κ1) is 16.5. The summed E-state index contributed by atoms with van der Waals surface area (Å²) in [5, 5.41) is 11.6. The molecule has 1 aliphatic carbocycles. The van der Waals surface area contributed by atoms with Crippen LogP contribution in [0, 0.1) is 5.92 Å². The van der Waals surface area contributed by atoms with Gasteiger partial charge in [0.2, 0.25) is 10.0 Å². The van der Waals surface area contributed by atoms with Crippen LogP contribution in [0.2, 0.25) is 0 Å². The smallest absolute Gasteiger partial charge is 0.317 e. The Balaban J connectivity index is 1.53. The molecule has 0 aromatic rings. The molecule has 130 valence electrons. The Hall–Kier alpha value is -1.35. The molecular weight excluding hydrogens is 322 g/mol. The number of urea groups is 1. The van der Waals surface area contributed by atoms with Crippen molar-refractivity contribution < 1.29 is 23.1 Å². The predicted molar refractivity (Wildman–Crippen MR) is 82.4 cm³/mol. The van der Waals surface area contributed by atoms with Crippen molar-refractivity contribution in [1.82, 2.24) is 14.5 Å². The maximum atomic E-state index is 12.3. The van der Waals surface area contributed by atoms with Gasteiger partial charge >= 0.3 is 12.0 Å². The Kier molecular flexibility index (Phi) is 4.50. The third-order valence-corrected chi connectivity index (χ3v) is 7.21. The number of carboxylic acid groups (broad SMARTS) is 1. The van der Waals surface area contributed by atoms with Gasteiger partial charge in [-0.15, -0.1) is 0 Å². The van der Waals surface area contributed by atoms with Crippen LogP contribution in [0.4, 0.5) is 4.79 Å². The number of hydrogen-bond acceptors (Lipinski definition) is 4. The van der Waals surface area contributed by atoms with Gasteiger partial charge in [0.05, 0.1) is 11.2 Å². The number of amides is 2. The van der Waals surface area contributed by atoms with Crippen LogP contribution in [0.25, 0.3) is 0 Å². The lowest BCUT2D eigenvalue weighted by molar-refractivity contribution is -0.141. The summed E-state index contributed by atoms with van der Waals surface area (Å²) in [6, 6.07) is -0.488. The Labute approximate surface area is 135 Å². The Morgan fingerprint density at radius 1 is 1.04 bits per heavy atom. The van der Waals surface area contributed by atoms with Crippen LogP contribution in [-0.4, -0.2) is 72.2 Å². The average Bonchev–Trinajstić information content (AvgIpc) is 3.25. The standard InChI is InChI=1S/C14H23N3O5S/c18-13(19)10-5-7-16(8-10)14(20)15-11-2-1-6-17(9-11)23(21,22)12-3-4-12/h10-12H,1-9H2,(H,15,20)(H,18,19)/t10?,11-/m1/s1. The van der Waals surface area contributed by atoms with Crippen LogP contribution in [0.15, 0.2) is 0 Å². The number of sulfonamides is 1. The van der Waals surface area contributed by atoms with E-state index in [-0.39, 0.29) is 23.9 Å². The average molecular weight is 345 g/mol. The van der Waals surface area contributed by atoms with Gasteiger partial charge in [0.1, 0.15) is 0 Å². The molecule has 23 heavy (non-hydrogen) atoms. The zero-order valence-electron chi connectivity index (χ0n) is 13.0. The topological polar surface area (TPSA) is 107 Å². The molecule has 8 nitrogen and oxygen atoms in total. The fourth-order valence-corrected chi connectivity index (χ4v) is 5.21. The third kappa shape index (κ3) is 3.60. The molecule has 0 aromatic heterocycles. The van der Waals surface area contributed by atoms with Crippen molar-refractivity contribution in [1.29, 1.82) is 0 Å². The summed E-state index contributed by atoms with van der Waals surface area (Å²) in [7, 11) is -3.21. The van der Waals surface area contributed by atoms with E-state index in [1.54, 1.807) is 0 Å². The van der Waals surface area contributed by atoms with Gasteiger partial charge in [-0.3, -0.25) is 4.79 Å². The van der Waals surface area contributed by atoms with Crippen LogP contribution < -0.4 is 5.32 Å². The van der Waals surface area contributed by atoms with Crippen molar-refractivity contribution in [2.75, 3.05) is 26.2 Å². The quantitative estimate of drug-likeness (QED) is 0.749. The number of piperidine rings is 1. The second kappa shape index (κ2) is 6.27. The molecule has 1 saturated carbocycles. The maximum absolute atomic E-state index is 12.3. The molecule has 2 N–H and O–H groups in total. The summed E-state index contributed by atoms with van der Waals surface area (Å²) in [5.74, 6) is -1.38. The predicted octanol–water partition coefficient (Wildman–Crippen LogP) is 0.0591. The molecule has 1 unspecified atom stereocenters. The van der Waals surface area contributed by atoms with Crippen molar-refractivity contribution in [3.63, 3.8) is 0 Å². The number of nitrogens with one attached hydrogen (secondary N) is 1. The van der Waals surface area contributed by atoms with E-state index in [0.29, 0.717) is 26.1 Å². The first-order chi connectivity index (χ1) is 10.9. The minimum Gasteiger partial charge on any atom is -0.481 e. The van der Waals surface area contributed by atoms with Crippen molar-refractivity contribution >= 4 is 22.0 Å². The number of hydrogen-bond donors (Lipinski definition) is 2. The second-order valence-electron chi connectivity index (χ2n) is 6.66. The van der Waals surface area contributed by atoms with Gasteiger partial charge in [-0.05, 0) is 32.1 Å². The van der Waals surface area contributed by atoms with Crippen molar-refractivity contribution in [2.24, 2.45) is 5.92 Å². The van der Waals surface area contributed by atoms with Crippen molar-refractivity contribution in [3.05, 3.63) is 0 Å². The summed E-state index contributed by atoms with van der Waals surface area (Å²) in [6.07, 6.45) is 3.42. The van der Waals surface area contributed by atoms with E-state index in [9.17, 15) is 18.0 Å². The molecule has 3 fully saturated rings. The summed E-state index contributed by atoms with van der Waals surface area (Å²) in [5.41, 5.74) is 0. The Morgan fingerprint density at radius 2 is 1.78 bits per heavy atom. The molecule has 0 radical (unpaired) electrons. The molecule has 3 aliphatic rings. The van der Waals surface area contributed by atoms with E-state index < -0.39 is 21.9 Å². The lowest BCUT2D eigenvalue weighted by atomic mass is 10.1. The van der Waals surface area contributed by atoms with Gasteiger partial charge in [0.15, 0.2) is 0 Å². The second-order valence-corrected chi connectivity index (χ2v) is 8.87. The van der Waals surface area contributed by atoms with Gasteiger partial charge < -0.3 is 15.3 Å². The highest BCUT2D eigenvalue weighted by atomic mass is 32.2. The third-order valence-electron chi connectivity index (χ3n) is 4.84. The SMILES string of the molecule is O=C(O)C1CCN(C(=O)N[C@@H]2CCCN(S(=O)(=O)C3CC3)C2)C1. The summed E-state index contributed by atoms with van der Waals surface area (Å²) >= 11 is 0. The molecule has 9 heteroatoms. The minimum atomic E-state index is -3.21. The molecule has 2 heterocycles. The first-order valence-electron chi connectivity index (χ1n) is 8.15.